The summed E-state index contributed by atoms with van der Waals surface area (Å²) in [5.74, 6) is 1.71. The third kappa shape index (κ3) is 3.89. The van der Waals surface area contributed by atoms with Crippen molar-refractivity contribution in [1.82, 2.24) is 24.5 Å². The first-order valence-corrected chi connectivity index (χ1v) is 11.9. The predicted octanol–water partition coefficient (Wildman–Crippen LogP) is 4.14. The first-order valence-electron chi connectivity index (χ1n) is 11.9. The molecule has 1 amide bonds. The number of hydrogen-bond acceptors (Lipinski definition) is 5. The van der Waals surface area contributed by atoms with E-state index in [2.05, 4.69) is 39.2 Å². The summed E-state index contributed by atoms with van der Waals surface area (Å²) >= 11 is 0. The van der Waals surface area contributed by atoms with E-state index in [1.807, 2.05) is 64.9 Å². The van der Waals surface area contributed by atoms with Crippen molar-refractivity contribution in [3.63, 3.8) is 0 Å². The van der Waals surface area contributed by atoms with E-state index in [4.69, 9.17) is 4.98 Å². The first-order chi connectivity index (χ1) is 17.2. The van der Waals surface area contributed by atoms with Crippen molar-refractivity contribution in [2.24, 2.45) is 0 Å². The highest BCUT2D eigenvalue weighted by atomic mass is 16.2. The van der Waals surface area contributed by atoms with Crippen LogP contribution in [0, 0.1) is 6.92 Å². The first kappa shape index (κ1) is 21.3. The summed E-state index contributed by atoms with van der Waals surface area (Å²) in [5, 5.41) is 6.58. The molecule has 1 fully saturated rings. The van der Waals surface area contributed by atoms with Crippen LogP contribution < -0.4 is 4.90 Å². The average molecular weight is 463 g/mol. The minimum atomic E-state index is 0.0859. The van der Waals surface area contributed by atoms with Crippen LogP contribution in [0.5, 0.6) is 0 Å². The largest absolute Gasteiger partial charge is 0.353 e. The summed E-state index contributed by atoms with van der Waals surface area (Å²) < 4.78 is 1.84. The molecule has 174 valence electrons. The van der Waals surface area contributed by atoms with Crippen LogP contribution in [-0.4, -0.2) is 56.6 Å². The van der Waals surface area contributed by atoms with Crippen LogP contribution in [0.1, 0.15) is 27.2 Å². The molecule has 2 aromatic heterocycles. The van der Waals surface area contributed by atoms with Crippen molar-refractivity contribution >= 4 is 28.3 Å². The van der Waals surface area contributed by atoms with Crippen molar-refractivity contribution < 1.29 is 4.79 Å². The molecule has 0 bridgehead atoms. The van der Waals surface area contributed by atoms with Gasteiger partial charge in [0.05, 0.1) is 0 Å². The van der Waals surface area contributed by atoms with Gasteiger partial charge < -0.3 is 9.80 Å². The lowest BCUT2D eigenvalue weighted by molar-refractivity contribution is 0.0748. The van der Waals surface area contributed by atoms with Crippen molar-refractivity contribution in [3.05, 3.63) is 102 Å². The Kier molecular flexibility index (Phi) is 5.37. The van der Waals surface area contributed by atoms with Crippen LogP contribution in [0.3, 0.4) is 0 Å². The van der Waals surface area contributed by atoms with Crippen molar-refractivity contribution in [2.75, 3.05) is 31.1 Å². The Balaban J connectivity index is 1.29. The maximum Gasteiger partial charge on any atom is 0.254 e. The Bertz CT molecular complexity index is 1510. The fourth-order valence-corrected chi connectivity index (χ4v) is 5.00. The monoisotopic (exact) mass is 462 g/mol. The minimum absolute atomic E-state index is 0.0859. The second-order valence-electron chi connectivity index (χ2n) is 8.94. The molecule has 1 saturated heterocycles. The van der Waals surface area contributed by atoms with Gasteiger partial charge in [-0.3, -0.25) is 4.79 Å². The van der Waals surface area contributed by atoms with Crippen LogP contribution >= 0.6 is 0 Å². The zero-order valence-corrected chi connectivity index (χ0v) is 19.6. The van der Waals surface area contributed by atoms with E-state index in [0.29, 0.717) is 18.9 Å². The third-order valence-corrected chi connectivity index (χ3v) is 6.81. The summed E-state index contributed by atoms with van der Waals surface area (Å²) in [4.78, 5) is 26.8. The van der Waals surface area contributed by atoms with Gasteiger partial charge >= 0.3 is 0 Å². The summed E-state index contributed by atoms with van der Waals surface area (Å²) in [6.07, 6.45) is 2.32. The second kappa shape index (κ2) is 8.83. The van der Waals surface area contributed by atoms with Gasteiger partial charge in [-0.05, 0) is 29.3 Å². The number of aromatic nitrogens is 4. The molecule has 5 aromatic rings. The molecule has 0 aliphatic carbocycles. The lowest BCUT2D eigenvalue weighted by Gasteiger charge is -2.37. The van der Waals surface area contributed by atoms with Gasteiger partial charge in [-0.1, -0.05) is 66.7 Å². The van der Waals surface area contributed by atoms with Gasteiger partial charge in [0.2, 0.25) is 0 Å². The third-order valence-electron chi connectivity index (χ3n) is 6.81. The number of piperazine rings is 1. The van der Waals surface area contributed by atoms with Crippen LogP contribution in [-0.2, 0) is 6.42 Å². The molecule has 3 aromatic carbocycles. The molecule has 7 nitrogen and oxygen atoms in total. The van der Waals surface area contributed by atoms with E-state index < -0.39 is 0 Å². The molecular weight excluding hydrogens is 436 g/mol. The maximum atomic E-state index is 13.5. The highest BCUT2D eigenvalue weighted by Crippen LogP contribution is 2.28. The van der Waals surface area contributed by atoms with E-state index in [1.54, 1.807) is 6.33 Å². The van der Waals surface area contributed by atoms with Gasteiger partial charge in [0.25, 0.3) is 11.7 Å². The van der Waals surface area contributed by atoms with E-state index in [1.165, 1.54) is 5.56 Å². The molecule has 0 saturated carbocycles. The highest BCUT2D eigenvalue weighted by Gasteiger charge is 2.27. The van der Waals surface area contributed by atoms with Gasteiger partial charge in [0.1, 0.15) is 12.1 Å². The van der Waals surface area contributed by atoms with Crippen molar-refractivity contribution in [3.8, 4) is 0 Å². The molecule has 1 aliphatic heterocycles. The molecule has 0 N–H and O–H groups in total. The molecule has 0 unspecified atom stereocenters. The number of fused-ring (bicyclic) bond motifs is 2. The number of aryl methyl sites for hydroxylation is 1. The van der Waals surface area contributed by atoms with Crippen molar-refractivity contribution in [2.45, 2.75) is 13.3 Å². The zero-order chi connectivity index (χ0) is 23.8. The summed E-state index contributed by atoms with van der Waals surface area (Å²) in [6.45, 7) is 4.76. The topological polar surface area (TPSA) is 66.6 Å². The van der Waals surface area contributed by atoms with Gasteiger partial charge in [0.15, 0.2) is 0 Å². The number of benzene rings is 3. The zero-order valence-electron chi connectivity index (χ0n) is 19.6. The Morgan fingerprint density at radius 1 is 0.886 bits per heavy atom. The molecule has 1 aliphatic rings. The van der Waals surface area contributed by atoms with Crippen molar-refractivity contribution in [1.29, 1.82) is 0 Å². The van der Waals surface area contributed by atoms with E-state index in [0.717, 1.165) is 52.9 Å². The standard InChI is InChI=1S/C28H26N6O/c1-20-25(18-21-8-3-2-4-9-21)26(34-28(31-20)29-19-30-34)32-14-16-33(17-15-32)27(35)24-13-7-11-22-10-5-6-12-23(22)24/h2-13,19H,14-18H2,1H3. The van der Waals surface area contributed by atoms with E-state index in [9.17, 15) is 4.79 Å². The fourth-order valence-electron chi connectivity index (χ4n) is 5.00. The number of hydrogen-bond donors (Lipinski definition) is 0. The summed E-state index contributed by atoms with van der Waals surface area (Å²) in [5.41, 5.74) is 4.09. The predicted molar refractivity (Wildman–Crippen MR) is 137 cm³/mol. The van der Waals surface area contributed by atoms with Gasteiger partial charge in [-0.2, -0.15) is 14.6 Å². The van der Waals surface area contributed by atoms with Gasteiger partial charge in [0, 0.05) is 49.4 Å². The minimum Gasteiger partial charge on any atom is -0.353 e. The summed E-state index contributed by atoms with van der Waals surface area (Å²) in [6, 6.07) is 24.4. The molecule has 6 rings (SSSR count). The van der Waals surface area contributed by atoms with Crippen LogP contribution in [0.15, 0.2) is 79.1 Å². The number of carbonyl (C=O) groups is 1. The van der Waals surface area contributed by atoms with Gasteiger partial charge in [-0.25, -0.2) is 4.98 Å². The average Bonchev–Trinajstić information content (AvgIpc) is 3.37. The number of carbonyl (C=O) groups excluding carboxylic acids is 1. The molecule has 3 heterocycles. The fraction of sp³-hybridized carbons (Fsp3) is 0.214. The van der Waals surface area contributed by atoms with E-state index >= 15 is 0 Å². The Morgan fingerprint density at radius 2 is 1.63 bits per heavy atom. The van der Waals surface area contributed by atoms with E-state index in [-0.39, 0.29) is 5.91 Å². The number of rotatable bonds is 4. The molecule has 35 heavy (non-hydrogen) atoms. The lowest BCUT2D eigenvalue weighted by atomic mass is 10.0. The lowest BCUT2D eigenvalue weighted by Crippen LogP contribution is -2.49. The molecule has 7 heteroatoms. The van der Waals surface area contributed by atoms with Gasteiger partial charge in [-0.15, -0.1) is 0 Å². The normalized spacial score (nSPS) is 14.1. The van der Waals surface area contributed by atoms with Crippen LogP contribution in [0.4, 0.5) is 5.82 Å². The SMILES string of the molecule is Cc1nc2ncnn2c(N2CCN(C(=O)c3cccc4ccccc34)CC2)c1Cc1ccccc1. The number of anilines is 1. The second-order valence-corrected chi connectivity index (χ2v) is 8.94. The van der Waals surface area contributed by atoms with Crippen LogP contribution in [0.25, 0.3) is 16.6 Å². The molecule has 0 atom stereocenters. The number of nitrogens with zero attached hydrogens (tertiary/aromatic N) is 6. The highest BCUT2D eigenvalue weighted by molar-refractivity contribution is 6.07. The Morgan fingerprint density at radius 3 is 2.46 bits per heavy atom. The summed E-state index contributed by atoms with van der Waals surface area (Å²) in [7, 11) is 0. The molecular formula is C28H26N6O. The molecule has 0 radical (unpaired) electrons. The quantitative estimate of drug-likeness (QED) is 0.402. The molecule has 0 spiro atoms. The smallest absolute Gasteiger partial charge is 0.254 e. The Hall–Kier alpha value is -4.26. The Labute approximate surface area is 203 Å². The number of amides is 1. The van der Waals surface area contributed by atoms with Crippen LogP contribution in [0.2, 0.25) is 0 Å². The maximum absolute atomic E-state index is 13.5.